The number of carbonyl (C=O) groups excluding carboxylic acids is 2. The average molecular weight is 424 g/mol. The van der Waals surface area contributed by atoms with E-state index in [0.717, 1.165) is 18.4 Å². The normalized spacial score (nSPS) is 17.9. The number of ether oxygens (including phenoxy) is 2. The molecule has 1 atom stereocenters. The summed E-state index contributed by atoms with van der Waals surface area (Å²) in [7, 11) is 1.60. The highest BCUT2D eigenvalue weighted by molar-refractivity contribution is 6.46. The van der Waals surface area contributed by atoms with Gasteiger partial charge in [0.05, 0.1) is 18.2 Å². The zero-order chi connectivity index (χ0) is 22.2. The second-order valence-corrected chi connectivity index (χ2v) is 7.48. The van der Waals surface area contributed by atoms with Crippen molar-refractivity contribution in [1.29, 1.82) is 0 Å². The number of aliphatic hydroxyl groups excluding tert-OH is 1. The van der Waals surface area contributed by atoms with E-state index in [0.29, 0.717) is 37.5 Å². The quantitative estimate of drug-likeness (QED) is 0.267. The minimum atomic E-state index is -0.688. The van der Waals surface area contributed by atoms with Crippen molar-refractivity contribution in [2.75, 3.05) is 26.9 Å². The van der Waals surface area contributed by atoms with Gasteiger partial charge in [-0.2, -0.15) is 0 Å². The number of likely N-dealkylation sites (tertiary alicyclic amines) is 1. The van der Waals surface area contributed by atoms with E-state index in [2.05, 4.69) is 6.92 Å². The summed E-state index contributed by atoms with van der Waals surface area (Å²) in [6, 6.07) is 15.5. The zero-order valence-corrected chi connectivity index (χ0v) is 18.0. The molecule has 1 fully saturated rings. The monoisotopic (exact) mass is 423 g/mol. The van der Waals surface area contributed by atoms with Crippen LogP contribution in [0.2, 0.25) is 0 Å². The fraction of sp³-hybridized carbons (Fsp3) is 0.360. The maximum absolute atomic E-state index is 13.0. The number of ketones is 1. The van der Waals surface area contributed by atoms with Crippen LogP contribution in [0.15, 0.2) is 60.2 Å². The molecule has 1 heterocycles. The number of aliphatic hydroxyl groups is 1. The third-order valence-electron chi connectivity index (χ3n) is 5.28. The summed E-state index contributed by atoms with van der Waals surface area (Å²) in [6.45, 7) is 3.50. The van der Waals surface area contributed by atoms with Gasteiger partial charge in [-0.25, -0.2) is 0 Å². The van der Waals surface area contributed by atoms with Crippen LogP contribution >= 0.6 is 0 Å². The Hall–Kier alpha value is -3.12. The molecule has 0 radical (unpaired) electrons. The van der Waals surface area contributed by atoms with Gasteiger partial charge in [0, 0.05) is 25.8 Å². The van der Waals surface area contributed by atoms with E-state index in [-0.39, 0.29) is 11.3 Å². The Bertz CT molecular complexity index is 938. The van der Waals surface area contributed by atoms with Gasteiger partial charge < -0.3 is 19.5 Å². The number of methoxy groups -OCH3 is 1. The summed E-state index contributed by atoms with van der Waals surface area (Å²) >= 11 is 0. The third kappa shape index (κ3) is 5.14. The SMILES string of the molecule is CCCCOc1cccc(C2/C(=C(\O)c3ccccc3)C(=O)C(=O)N2CCCOC)c1. The standard InChI is InChI=1S/C25H29NO5/c1-3-4-16-31-20-13-8-12-19(17-20)22-21(23(27)18-10-6-5-7-11-18)24(28)25(29)26(22)14-9-15-30-2/h5-8,10-13,17,22,27H,3-4,9,14-16H2,1-2H3/b23-21+. The number of benzene rings is 2. The van der Waals surface area contributed by atoms with E-state index in [9.17, 15) is 14.7 Å². The third-order valence-corrected chi connectivity index (χ3v) is 5.28. The summed E-state index contributed by atoms with van der Waals surface area (Å²) in [5.74, 6) is -0.791. The molecule has 2 aromatic rings. The fourth-order valence-electron chi connectivity index (χ4n) is 3.70. The van der Waals surface area contributed by atoms with Gasteiger partial charge in [-0.15, -0.1) is 0 Å². The van der Waals surface area contributed by atoms with Crippen molar-refractivity contribution in [3.8, 4) is 5.75 Å². The number of rotatable bonds is 10. The topological polar surface area (TPSA) is 76.1 Å². The van der Waals surface area contributed by atoms with Crippen molar-refractivity contribution >= 4 is 17.4 Å². The largest absolute Gasteiger partial charge is 0.507 e. The van der Waals surface area contributed by atoms with Crippen LogP contribution in [0.5, 0.6) is 5.75 Å². The summed E-state index contributed by atoms with van der Waals surface area (Å²) < 4.78 is 10.9. The lowest BCUT2D eigenvalue weighted by Gasteiger charge is -2.25. The van der Waals surface area contributed by atoms with E-state index >= 15 is 0 Å². The average Bonchev–Trinajstić information content (AvgIpc) is 3.05. The first-order chi connectivity index (χ1) is 15.1. The zero-order valence-electron chi connectivity index (χ0n) is 18.0. The molecule has 164 valence electrons. The van der Waals surface area contributed by atoms with Crippen molar-refractivity contribution in [1.82, 2.24) is 4.90 Å². The minimum Gasteiger partial charge on any atom is -0.507 e. The first-order valence-electron chi connectivity index (χ1n) is 10.6. The molecule has 1 saturated heterocycles. The van der Waals surface area contributed by atoms with E-state index in [1.165, 1.54) is 4.90 Å². The van der Waals surface area contributed by atoms with Crippen LogP contribution in [-0.2, 0) is 14.3 Å². The predicted molar refractivity (Wildman–Crippen MR) is 119 cm³/mol. The van der Waals surface area contributed by atoms with Gasteiger partial charge in [-0.1, -0.05) is 55.8 Å². The second-order valence-electron chi connectivity index (χ2n) is 7.48. The smallest absolute Gasteiger partial charge is 0.295 e. The Labute approximate surface area is 183 Å². The molecule has 0 spiro atoms. The van der Waals surface area contributed by atoms with Gasteiger partial charge in [-0.05, 0) is 30.5 Å². The van der Waals surface area contributed by atoms with Crippen molar-refractivity contribution in [3.05, 3.63) is 71.3 Å². The molecule has 6 nitrogen and oxygen atoms in total. The molecule has 1 amide bonds. The maximum atomic E-state index is 13.0. The molecular formula is C25H29NO5. The van der Waals surface area contributed by atoms with Crippen molar-refractivity contribution in [2.45, 2.75) is 32.2 Å². The van der Waals surface area contributed by atoms with Crippen LogP contribution in [0.1, 0.15) is 43.4 Å². The van der Waals surface area contributed by atoms with Gasteiger partial charge >= 0.3 is 0 Å². The Morgan fingerprint density at radius 3 is 2.52 bits per heavy atom. The van der Waals surface area contributed by atoms with Gasteiger partial charge in [0.2, 0.25) is 0 Å². The molecule has 1 N–H and O–H groups in total. The van der Waals surface area contributed by atoms with Gasteiger partial charge in [-0.3, -0.25) is 9.59 Å². The molecule has 1 unspecified atom stereocenters. The summed E-state index contributed by atoms with van der Waals surface area (Å²) in [5.41, 5.74) is 1.32. The molecule has 0 bridgehead atoms. The Morgan fingerprint density at radius 2 is 1.81 bits per heavy atom. The summed E-state index contributed by atoms with van der Waals surface area (Å²) in [4.78, 5) is 27.4. The van der Waals surface area contributed by atoms with E-state index in [1.54, 1.807) is 31.4 Å². The van der Waals surface area contributed by atoms with Crippen LogP contribution in [0.25, 0.3) is 5.76 Å². The van der Waals surface area contributed by atoms with Crippen LogP contribution in [0.4, 0.5) is 0 Å². The first kappa shape index (κ1) is 22.6. The lowest BCUT2D eigenvalue weighted by molar-refractivity contribution is -0.140. The molecule has 2 aromatic carbocycles. The van der Waals surface area contributed by atoms with Crippen molar-refractivity contribution < 1.29 is 24.2 Å². The lowest BCUT2D eigenvalue weighted by Crippen LogP contribution is -2.31. The number of unbranched alkanes of at least 4 members (excludes halogenated alkanes) is 1. The predicted octanol–water partition coefficient (Wildman–Crippen LogP) is 4.32. The van der Waals surface area contributed by atoms with Crippen LogP contribution in [0, 0.1) is 0 Å². The number of amides is 1. The van der Waals surface area contributed by atoms with Crippen LogP contribution in [-0.4, -0.2) is 48.6 Å². The molecule has 0 aromatic heterocycles. The number of hydrogen-bond acceptors (Lipinski definition) is 5. The molecule has 1 aliphatic rings. The molecule has 3 rings (SSSR count). The maximum Gasteiger partial charge on any atom is 0.295 e. The Kier molecular flexibility index (Phi) is 7.84. The van der Waals surface area contributed by atoms with Crippen LogP contribution in [0.3, 0.4) is 0 Å². The van der Waals surface area contributed by atoms with Gasteiger partial charge in [0.25, 0.3) is 11.7 Å². The summed E-state index contributed by atoms with van der Waals surface area (Å²) in [6.07, 6.45) is 2.54. The van der Waals surface area contributed by atoms with Crippen LogP contribution < -0.4 is 4.74 Å². The van der Waals surface area contributed by atoms with Crippen molar-refractivity contribution in [2.24, 2.45) is 0 Å². The Morgan fingerprint density at radius 1 is 1.03 bits per heavy atom. The highest BCUT2D eigenvalue weighted by Crippen LogP contribution is 2.40. The first-order valence-corrected chi connectivity index (χ1v) is 10.6. The number of hydrogen-bond donors (Lipinski definition) is 1. The van der Waals surface area contributed by atoms with Gasteiger partial charge in [0.1, 0.15) is 11.5 Å². The fourth-order valence-corrected chi connectivity index (χ4v) is 3.70. The van der Waals surface area contributed by atoms with E-state index < -0.39 is 17.7 Å². The number of carbonyl (C=O) groups is 2. The Balaban J connectivity index is 2.04. The highest BCUT2D eigenvalue weighted by atomic mass is 16.5. The summed E-state index contributed by atoms with van der Waals surface area (Å²) in [5, 5.41) is 11.0. The van der Waals surface area contributed by atoms with Gasteiger partial charge in [0.15, 0.2) is 0 Å². The second kappa shape index (κ2) is 10.8. The highest BCUT2D eigenvalue weighted by Gasteiger charge is 2.45. The molecule has 0 saturated carbocycles. The molecule has 31 heavy (non-hydrogen) atoms. The number of Topliss-reactive ketones (excluding diaryl/α,β-unsaturated/α-hetero) is 1. The van der Waals surface area contributed by atoms with E-state index in [4.69, 9.17) is 9.47 Å². The van der Waals surface area contributed by atoms with E-state index in [1.807, 2.05) is 30.3 Å². The molecular weight excluding hydrogens is 394 g/mol. The minimum absolute atomic E-state index is 0.0966. The number of nitrogens with zero attached hydrogens (tertiary/aromatic N) is 1. The molecule has 1 aliphatic heterocycles. The van der Waals surface area contributed by atoms with Crippen molar-refractivity contribution in [3.63, 3.8) is 0 Å². The molecule has 6 heteroatoms. The lowest BCUT2D eigenvalue weighted by atomic mass is 9.95. The molecule has 0 aliphatic carbocycles.